The smallest absolute Gasteiger partial charge is 0.339 e. The third kappa shape index (κ3) is 5.01. The summed E-state index contributed by atoms with van der Waals surface area (Å²) in [6.07, 6.45) is 2.05. The number of carbonyl (C=O) groups is 1. The van der Waals surface area contributed by atoms with E-state index in [-0.39, 0.29) is 0 Å². The van der Waals surface area contributed by atoms with Gasteiger partial charge in [-0.25, -0.2) is 0 Å². The van der Waals surface area contributed by atoms with Gasteiger partial charge in [0.05, 0.1) is 7.11 Å². The van der Waals surface area contributed by atoms with Gasteiger partial charge < -0.3 is 10.5 Å². The number of aromatic amines is 1. The van der Waals surface area contributed by atoms with Crippen molar-refractivity contribution < 1.29 is 9.53 Å². The van der Waals surface area contributed by atoms with Crippen molar-refractivity contribution in [2.24, 2.45) is 12.8 Å². The molecule has 0 saturated heterocycles. The summed E-state index contributed by atoms with van der Waals surface area (Å²) in [6, 6.07) is 0. The van der Waals surface area contributed by atoms with E-state index >= 15 is 0 Å². The molecule has 0 aromatic carbocycles. The van der Waals surface area contributed by atoms with Crippen molar-refractivity contribution in [3.63, 3.8) is 0 Å². The van der Waals surface area contributed by atoms with Gasteiger partial charge in [0.1, 0.15) is 5.54 Å². The summed E-state index contributed by atoms with van der Waals surface area (Å²) >= 11 is 1.36. The quantitative estimate of drug-likeness (QED) is 0.304. The van der Waals surface area contributed by atoms with Crippen LogP contribution in [-0.2, 0) is 16.6 Å². The van der Waals surface area contributed by atoms with E-state index in [4.69, 9.17) is 5.73 Å². The van der Waals surface area contributed by atoms with Gasteiger partial charge in [0.25, 0.3) is 0 Å². The zero-order valence-electron chi connectivity index (χ0n) is 12.3. The lowest BCUT2D eigenvalue weighted by atomic mass is 9.97. The summed E-state index contributed by atoms with van der Waals surface area (Å²) in [5, 5.41) is 2.83. The molecule has 0 bridgehead atoms. The second kappa shape index (κ2) is 7.41. The minimum absolute atomic E-state index is 0.431. The SMILES string of the molecule is COC(=O)C(C)(N)CCCCSc1nc(=O)c(=O)[nH]n1C. The van der Waals surface area contributed by atoms with Crippen LogP contribution in [0.5, 0.6) is 0 Å². The number of nitrogens with two attached hydrogens (primary N) is 1. The molecule has 0 radical (unpaired) electrons. The lowest BCUT2D eigenvalue weighted by Gasteiger charge is -2.20. The van der Waals surface area contributed by atoms with E-state index in [0.717, 1.165) is 12.8 Å². The highest BCUT2D eigenvalue weighted by molar-refractivity contribution is 7.99. The Balaban J connectivity index is 2.42. The van der Waals surface area contributed by atoms with Crippen LogP contribution < -0.4 is 16.9 Å². The van der Waals surface area contributed by atoms with E-state index in [1.807, 2.05) is 0 Å². The van der Waals surface area contributed by atoms with Crippen molar-refractivity contribution >= 4 is 17.7 Å². The van der Waals surface area contributed by atoms with Gasteiger partial charge >= 0.3 is 17.1 Å². The normalized spacial score (nSPS) is 13.7. The summed E-state index contributed by atoms with van der Waals surface area (Å²) in [7, 11) is 2.93. The molecule has 1 heterocycles. The molecule has 0 spiro atoms. The minimum Gasteiger partial charge on any atom is -0.468 e. The Kier molecular flexibility index (Phi) is 6.16. The number of nitrogens with one attached hydrogen (secondary N) is 1. The molecule has 1 aromatic heterocycles. The van der Waals surface area contributed by atoms with Crippen LogP contribution in [0, 0.1) is 0 Å². The first-order valence-corrected chi connectivity index (χ1v) is 7.44. The molecule has 0 fully saturated rings. The molecular weight excluding hydrogens is 296 g/mol. The fourth-order valence-electron chi connectivity index (χ4n) is 1.68. The number of unbranched alkanes of at least 4 members (excludes halogenated alkanes) is 1. The average Bonchev–Trinajstić information content (AvgIpc) is 2.42. The number of aromatic nitrogens is 3. The molecule has 118 valence electrons. The maximum atomic E-state index is 11.4. The Hall–Kier alpha value is -1.61. The van der Waals surface area contributed by atoms with Crippen molar-refractivity contribution in [3.8, 4) is 0 Å². The standard InChI is InChI=1S/C12H20N4O4S/c1-12(13,10(19)20-3)6-4-5-7-21-11-14-8(17)9(18)15-16(11)2/h4-7,13H2,1-3H3,(H,15,18). The third-order valence-electron chi connectivity index (χ3n) is 2.92. The Labute approximate surface area is 126 Å². The zero-order valence-corrected chi connectivity index (χ0v) is 13.2. The van der Waals surface area contributed by atoms with Crippen LogP contribution in [0.4, 0.5) is 0 Å². The van der Waals surface area contributed by atoms with E-state index in [1.54, 1.807) is 14.0 Å². The van der Waals surface area contributed by atoms with Gasteiger partial charge in [0.15, 0.2) is 5.16 Å². The number of ether oxygens (including phenoxy) is 1. The number of nitrogens with zero attached hydrogens (tertiary/aromatic N) is 2. The highest BCUT2D eigenvalue weighted by Crippen LogP contribution is 2.17. The summed E-state index contributed by atoms with van der Waals surface area (Å²) in [5.74, 6) is 0.267. The van der Waals surface area contributed by atoms with Crippen molar-refractivity contribution in [1.29, 1.82) is 0 Å². The molecule has 0 amide bonds. The summed E-state index contributed by atoms with van der Waals surface area (Å²) in [5.41, 5.74) is 3.33. The van der Waals surface area contributed by atoms with Crippen LogP contribution in [0.15, 0.2) is 14.7 Å². The van der Waals surface area contributed by atoms with Gasteiger partial charge in [-0.15, -0.1) is 0 Å². The molecule has 0 aliphatic heterocycles. The number of hydrogen-bond donors (Lipinski definition) is 2. The number of carbonyl (C=O) groups excluding carboxylic acids is 1. The van der Waals surface area contributed by atoms with Crippen molar-refractivity contribution in [1.82, 2.24) is 14.8 Å². The maximum absolute atomic E-state index is 11.4. The molecule has 0 aliphatic rings. The van der Waals surface area contributed by atoms with Gasteiger partial charge in [0.2, 0.25) is 0 Å². The van der Waals surface area contributed by atoms with Crippen molar-refractivity contribution in [3.05, 3.63) is 20.7 Å². The minimum atomic E-state index is -0.984. The topological polar surface area (TPSA) is 120 Å². The van der Waals surface area contributed by atoms with Crippen LogP contribution in [0.25, 0.3) is 0 Å². The first-order valence-electron chi connectivity index (χ1n) is 6.45. The lowest BCUT2D eigenvalue weighted by molar-refractivity contribution is -0.146. The molecule has 0 saturated carbocycles. The average molecular weight is 316 g/mol. The monoisotopic (exact) mass is 316 g/mol. The molecule has 1 atom stereocenters. The van der Waals surface area contributed by atoms with Gasteiger partial charge in [-0.1, -0.05) is 18.2 Å². The predicted molar refractivity (Wildman–Crippen MR) is 79.3 cm³/mol. The first-order chi connectivity index (χ1) is 9.77. The molecule has 1 aromatic rings. The zero-order chi connectivity index (χ0) is 16.0. The second-order valence-electron chi connectivity index (χ2n) is 4.91. The highest BCUT2D eigenvalue weighted by atomic mass is 32.2. The van der Waals surface area contributed by atoms with Gasteiger partial charge in [-0.2, -0.15) is 4.98 Å². The van der Waals surface area contributed by atoms with Gasteiger partial charge in [0, 0.05) is 12.8 Å². The molecule has 9 heteroatoms. The number of rotatable bonds is 7. The van der Waals surface area contributed by atoms with Gasteiger partial charge in [-0.3, -0.25) is 24.2 Å². The molecule has 21 heavy (non-hydrogen) atoms. The highest BCUT2D eigenvalue weighted by Gasteiger charge is 2.28. The summed E-state index contributed by atoms with van der Waals surface area (Å²) in [4.78, 5) is 37.3. The van der Waals surface area contributed by atoms with Gasteiger partial charge in [-0.05, 0) is 19.8 Å². The Morgan fingerprint density at radius 1 is 1.48 bits per heavy atom. The van der Waals surface area contributed by atoms with Crippen LogP contribution in [0.1, 0.15) is 26.2 Å². The van der Waals surface area contributed by atoms with E-state index in [1.165, 1.54) is 23.6 Å². The van der Waals surface area contributed by atoms with Crippen molar-refractivity contribution in [2.45, 2.75) is 36.9 Å². The molecule has 3 N–H and O–H groups in total. The number of methoxy groups -OCH3 is 1. The second-order valence-corrected chi connectivity index (χ2v) is 5.98. The number of H-pyrrole nitrogens is 1. The van der Waals surface area contributed by atoms with E-state index in [0.29, 0.717) is 17.3 Å². The van der Waals surface area contributed by atoms with E-state index < -0.39 is 22.6 Å². The Bertz CT molecular complexity index is 608. The largest absolute Gasteiger partial charge is 0.468 e. The first kappa shape index (κ1) is 17.4. The Morgan fingerprint density at radius 2 is 2.14 bits per heavy atom. The molecule has 1 rings (SSSR count). The molecule has 8 nitrogen and oxygen atoms in total. The molecular formula is C12H20N4O4S. The van der Waals surface area contributed by atoms with Crippen LogP contribution in [-0.4, -0.2) is 39.1 Å². The van der Waals surface area contributed by atoms with Crippen molar-refractivity contribution in [2.75, 3.05) is 12.9 Å². The molecule has 0 aliphatic carbocycles. The predicted octanol–water partition coefficient (Wildman–Crippen LogP) is -0.379. The lowest BCUT2D eigenvalue weighted by Crippen LogP contribution is -2.45. The van der Waals surface area contributed by atoms with E-state index in [2.05, 4.69) is 14.8 Å². The number of esters is 1. The van der Waals surface area contributed by atoms with Crippen LogP contribution in [0.3, 0.4) is 0 Å². The number of thioether (sulfide) groups is 1. The number of aryl methyl sites for hydroxylation is 1. The third-order valence-corrected chi connectivity index (χ3v) is 4.04. The van der Waals surface area contributed by atoms with Crippen LogP contribution in [0.2, 0.25) is 0 Å². The molecule has 1 unspecified atom stereocenters. The summed E-state index contributed by atoms with van der Waals surface area (Å²) < 4.78 is 6.04. The fraction of sp³-hybridized carbons (Fsp3) is 0.667. The maximum Gasteiger partial charge on any atom is 0.339 e. The van der Waals surface area contributed by atoms with E-state index in [9.17, 15) is 14.4 Å². The Morgan fingerprint density at radius 3 is 2.76 bits per heavy atom. The number of hydrogen-bond acceptors (Lipinski definition) is 7. The fourth-order valence-corrected chi connectivity index (χ4v) is 2.60. The summed E-state index contributed by atoms with van der Waals surface area (Å²) in [6.45, 7) is 1.64. The van der Waals surface area contributed by atoms with Crippen LogP contribution >= 0.6 is 11.8 Å².